The van der Waals surface area contributed by atoms with Gasteiger partial charge in [-0.25, -0.2) is 4.79 Å². The molecule has 176 valence electrons. The monoisotopic (exact) mass is 455 g/mol. The van der Waals surface area contributed by atoms with Crippen LogP contribution in [0, 0.1) is 5.92 Å². The lowest BCUT2D eigenvalue weighted by Crippen LogP contribution is -2.42. The van der Waals surface area contributed by atoms with Crippen LogP contribution < -0.4 is 5.32 Å². The van der Waals surface area contributed by atoms with Crippen molar-refractivity contribution in [3.05, 3.63) is 23.3 Å². The fraction of sp³-hybridized carbons (Fsp3) is 0.652. The molecule has 0 aliphatic carbocycles. The predicted molar refractivity (Wildman–Crippen MR) is 124 cm³/mol. The van der Waals surface area contributed by atoms with E-state index in [2.05, 4.69) is 11.4 Å². The Morgan fingerprint density at radius 2 is 1.58 bits per heavy atom. The third-order valence-corrected chi connectivity index (χ3v) is 5.89. The number of hydrogen-bond acceptors (Lipinski definition) is 7. The molecule has 0 fully saturated rings. The maximum absolute atomic E-state index is 12.4. The summed E-state index contributed by atoms with van der Waals surface area (Å²) in [6.45, 7) is 8.96. The van der Waals surface area contributed by atoms with Crippen molar-refractivity contribution >= 4 is 35.4 Å². The average molecular weight is 456 g/mol. The minimum Gasteiger partial charge on any atom is -0.467 e. The second-order valence-electron chi connectivity index (χ2n) is 7.62. The number of allylic oxidation sites excluding steroid dienone is 3. The van der Waals surface area contributed by atoms with Crippen LogP contribution in [0.2, 0.25) is 0 Å². The molecule has 0 aliphatic rings. The first-order valence-electron chi connectivity index (χ1n) is 10.5. The highest BCUT2D eigenvalue weighted by atomic mass is 32.2. The van der Waals surface area contributed by atoms with E-state index < -0.39 is 12.0 Å². The van der Waals surface area contributed by atoms with E-state index in [9.17, 15) is 19.2 Å². The van der Waals surface area contributed by atoms with E-state index in [0.29, 0.717) is 24.5 Å². The van der Waals surface area contributed by atoms with Crippen LogP contribution >= 0.6 is 11.8 Å². The molecule has 0 spiro atoms. The summed E-state index contributed by atoms with van der Waals surface area (Å²) in [5.41, 5.74) is 2.34. The fourth-order valence-electron chi connectivity index (χ4n) is 2.63. The van der Waals surface area contributed by atoms with Gasteiger partial charge in [-0.2, -0.15) is 11.8 Å². The van der Waals surface area contributed by atoms with Gasteiger partial charge in [0.1, 0.15) is 18.4 Å². The van der Waals surface area contributed by atoms with E-state index in [1.54, 1.807) is 0 Å². The first-order chi connectivity index (χ1) is 14.6. The van der Waals surface area contributed by atoms with Crippen molar-refractivity contribution in [2.24, 2.45) is 5.92 Å². The zero-order valence-corrected chi connectivity index (χ0v) is 20.4. The number of hydrogen-bond donors (Lipinski definition) is 1. The summed E-state index contributed by atoms with van der Waals surface area (Å²) in [5, 5.41) is 2.56. The molecule has 0 aromatic rings. The molecule has 0 saturated carbocycles. The van der Waals surface area contributed by atoms with E-state index in [4.69, 9.17) is 9.47 Å². The van der Waals surface area contributed by atoms with Crippen LogP contribution in [0.3, 0.4) is 0 Å². The van der Waals surface area contributed by atoms with Crippen molar-refractivity contribution in [3.63, 3.8) is 0 Å². The summed E-state index contributed by atoms with van der Waals surface area (Å²) >= 11 is 1.45. The number of thioether (sulfide) groups is 1. The van der Waals surface area contributed by atoms with Gasteiger partial charge in [-0.05, 0) is 39.2 Å². The van der Waals surface area contributed by atoms with Crippen LogP contribution in [0.25, 0.3) is 0 Å². The number of ketones is 1. The van der Waals surface area contributed by atoms with Crippen molar-refractivity contribution in [2.45, 2.75) is 66.3 Å². The molecule has 31 heavy (non-hydrogen) atoms. The lowest BCUT2D eigenvalue weighted by Gasteiger charge is -2.16. The second kappa shape index (κ2) is 16.6. The summed E-state index contributed by atoms with van der Waals surface area (Å²) in [4.78, 5) is 46.0. The molecule has 0 aromatic carbocycles. The molecule has 0 rings (SSSR count). The van der Waals surface area contributed by atoms with Crippen LogP contribution in [0.5, 0.6) is 0 Å². The first kappa shape index (κ1) is 28.9. The highest BCUT2D eigenvalue weighted by Gasteiger charge is 2.21. The third-order valence-electron chi connectivity index (χ3n) is 4.58. The zero-order chi connectivity index (χ0) is 23.8. The molecular formula is C23H37NO6S. The Morgan fingerprint density at radius 3 is 2.16 bits per heavy atom. The van der Waals surface area contributed by atoms with Gasteiger partial charge in [0.15, 0.2) is 0 Å². The van der Waals surface area contributed by atoms with Gasteiger partial charge >= 0.3 is 11.9 Å². The van der Waals surface area contributed by atoms with E-state index in [1.807, 2.05) is 26.8 Å². The summed E-state index contributed by atoms with van der Waals surface area (Å²) in [6.07, 6.45) is 7.02. The molecule has 1 amide bonds. The minimum absolute atomic E-state index is 0.125. The zero-order valence-electron chi connectivity index (χ0n) is 19.6. The number of methoxy groups -OCH3 is 1. The molecule has 8 heteroatoms. The van der Waals surface area contributed by atoms with E-state index in [0.717, 1.165) is 24.8 Å². The number of nitrogens with one attached hydrogen (secondary N) is 1. The van der Waals surface area contributed by atoms with Crippen molar-refractivity contribution < 1.29 is 28.7 Å². The highest BCUT2D eigenvalue weighted by molar-refractivity contribution is 7.99. The summed E-state index contributed by atoms with van der Waals surface area (Å²) in [5.74, 6) is -0.0510. The second-order valence-corrected chi connectivity index (χ2v) is 8.70. The van der Waals surface area contributed by atoms with E-state index in [-0.39, 0.29) is 23.6 Å². The van der Waals surface area contributed by atoms with Gasteiger partial charge in [0, 0.05) is 37.7 Å². The lowest BCUT2D eigenvalue weighted by atomic mass is 10.0. The topological polar surface area (TPSA) is 98.8 Å². The Balaban J connectivity index is 4.25. The van der Waals surface area contributed by atoms with Gasteiger partial charge in [-0.3, -0.25) is 14.4 Å². The molecule has 1 unspecified atom stereocenters. The fourth-order valence-corrected chi connectivity index (χ4v) is 3.76. The standard InChI is InChI=1S/C23H37NO6S/c1-16(8-7-9-17(2)12-13-30-20(5)26)10-11-22(27)18(3)14-31-15-21(23(28)29-6)24-19(4)25/h8,12,18,21H,7,9-11,13-15H2,1-6H3,(H,24,25)/t18?,21-/m0/s1. The Kier molecular flexibility index (Phi) is 15.5. The van der Waals surface area contributed by atoms with Crippen molar-refractivity contribution in [2.75, 3.05) is 25.2 Å². The van der Waals surface area contributed by atoms with Crippen LogP contribution in [-0.4, -0.2) is 54.9 Å². The normalized spacial score (nSPS) is 13.9. The number of rotatable bonds is 15. The molecule has 0 radical (unpaired) electrons. The number of amides is 1. The smallest absolute Gasteiger partial charge is 0.329 e. The Labute approximate surface area is 190 Å². The van der Waals surface area contributed by atoms with E-state index >= 15 is 0 Å². The summed E-state index contributed by atoms with van der Waals surface area (Å²) < 4.78 is 9.59. The molecule has 1 N–H and O–H groups in total. The molecule has 0 saturated heterocycles. The van der Waals surface area contributed by atoms with E-state index in [1.165, 1.54) is 38.3 Å². The van der Waals surface area contributed by atoms with Gasteiger partial charge in [-0.15, -0.1) is 0 Å². The van der Waals surface area contributed by atoms with Crippen LogP contribution in [0.15, 0.2) is 23.3 Å². The number of carbonyl (C=O) groups excluding carboxylic acids is 4. The molecule has 7 nitrogen and oxygen atoms in total. The number of esters is 2. The Bertz CT molecular complexity index is 671. The predicted octanol–water partition coefficient (Wildman–Crippen LogP) is 3.62. The van der Waals surface area contributed by atoms with Crippen LogP contribution in [0.4, 0.5) is 0 Å². The van der Waals surface area contributed by atoms with Crippen LogP contribution in [-0.2, 0) is 28.7 Å². The quantitative estimate of drug-likeness (QED) is 0.297. The SMILES string of the molecule is COC(=O)[C@H](CSCC(C)C(=O)CCC(C)=CCCC(C)=CCOC(C)=O)NC(C)=O. The number of Topliss-reactive ketones (excluding diaryl/α,β-unsaturated/α-hetero) is 1. The first-order valence-corrected chi connectivity index (χ1v) is 11.6. The maximum Gasteiger partial charge on any atom is 0.329 e. The Morgan fingerprint density at radius 1 is 0.935 bits per heavy atom. The number of carbonyl (C=O) groups is 4. The summed E-state index contributed by atoms with van der Waals surface area (Å²) in [7, 11) is 1.28. The summed E-state index contributed by atoms with van der Waals surface area (Å²) in [6, 6.07) is -0.702. The van der Waals surface area contributed by atoms with Crippen molar-refractivity contribution in [1.29, 1.82) is 0 Å². The molecular weight excluding hydrogens is 418 g/mol. The molecule has 2 atom stereocenters. The molecule has 0 aromatic heterocycles. The average Bonchev–Trinajstić information content (AvgIpc) is 2.69. The number of ether oxygens (including phenoxy) is 2. The van der Waals surface area contributed by atoms with Gasteiger partial charge in [0.2, 0.25) is 5.91 Å². The largest absolute Gasteiger partial charge is 0.467 e. The van der Waals surface area contributed by atoms with Crippen molar-refractivity contribution in [3.8, 4) is 0 Å². The third kappa shape index (κ3) is 15.4. The minimum atomic E-state index is -0.702. The lowest BCUT2D eigenvalue weighted by molar-refractivity contribution is -0.144. The maximum atomic E-state index is 12.4. The van der Waals surface area contributed by atoms with Gasteiger partial charge in [-0.1, -0.05) is 24.1 Å². The van der Waals surface area contributed by atoms with Crippen LogP contribution in [0.1, 0.15) is 60.3 Å². The Hall–Kier alpha value is -2.09. The van der Waals surface area contributed by atoms with Gasteiger partial charge in [0.25, 0.3) is 0 Å². The van der Waals surface area contributed by atoms with Gasteiger partial charge < -0.3 is 14.8 Å². The van der Waals surface area contributed by atoms with Gasteiger partial charge in [0.05, 0.1) is 7.11 Å². The molecule has 0 aliphatic heterocycles. The molecule has 0 bridgehead atoms. The highest BCUT2D eigenvalue weighted by Crippen LogP contribution is 2.16. The van der Waals surface area contributed by atoms with Crippen molar-refractivity contribution in [1.82, 2.24) is 5.32 Å². The molecule has 0 heterocycles.